The molecule has 1 aromatic carbocycles. The third-order valence-electron chi connectivity index (χ3n) is 4.52. The lowest BCUT2D eigenvalue weighted by atomic mass is 9.80. The Morgan fingerprint density at radius 1 is 1.27 bits per heavy atom. The van der Waals surface area contributed by atoms with Gasteiger partial charge in [0.25, 0.3) is 0 Å². The minimum Gasteiger partial charge on any atom is -0.497 e. The van der Waals surface area contributed by atoms with Gasteiger partial charge in [-0.25, -0.2) is 9.59 Å². The number of benzene rings is 1. The predicted octanol–water partition coefficient (Wildman–Crippen LogP) is 1.89. The van der Waals surface area contributed by atoms with Gasteiger partial charge in [-0.3, -0.25) is 0 Å². The first kappa shape index (κ1) is 20.0. The molecular weight excluding hydrogens is 356 g/mol. The molecule has 1 aromatic rings. The van der Waals surface area contributed by atoms with Crippen molar-refractivity contribution < 1.29 is 23.8 Å². The van der Waals surface area contributed by atoms with E-state index < -0.39 is 23.5 Å². The number of nitrogens with one attached hydrogen (secondary N) is 1. The summed E-state index contributed by atoms with van der Waals surface area (Å²) in [7, 11) is 2.86. The van der Waals surface area contributed by atoms with Crippen molar-refractivity contribution in [1.82, 2.24) is 5.32 Å². The zero-order valence-corrected chi connectivity index (χ0v) is 16.4. The van der Waals surface area contributed by atoms with Crippen molar-refractivity contribution in [2.24, 2.45) is 5.92 Å². The number of rotatable bonds is 6. The summed E-state index contributed by atoms with van der Waals surface area (Å²) in [5.41, 5.74) is -0.703. The Labute approximate surface area is 158 Å². The first-order valence-electron chi connectivity index (χ1n) is 8.33. The number of carbonyl (C=O) groups is 2. The summed E-state index contributed by atoms with van der Waals surface area (Å²) < 4.78 is 15.4. The number of hydrogen-bond donors (Lipinski definition) is 1. The predicted molar refractivity (Wildman–Crippen MR) is 101 cm³/mol. The van der Waals surface area contributed by atoms with Crippen molar-refractivity contribution in [2.75, 3.05) is 25.7 Å². The standard InChI is InChI=1S/C18H24N2O5S/c1-6-25-15(21)14-18(11(2)3,16(22)24-5)19-17(26)20(14)12-7-9-13(23-4)10-8-12/h7-11,14H,6H2,1-5H3,(H,19,26)/t14-,18-/m0/s1. The van der Waals surface area contributed by atoms with Crippen LogP contribution in [0.3, 0.4) is 0 Å². The van der Waals surface area contributed by atoms with Gasteiger partial charge >= 0.3 is 11.9 Å². The Kier molecular flexibility index (Phi) is 6.07. The molecule has 1 heterocycles. The molecule has 7 nitrogen and oxygen atoms in total. The Hall–Kier alpha value is -2.35. The third-order valence-corrected chi connectivity index (χ3v) is 4.82. The molecule has 2 rings (SSSR count). The lowest BCUT2D eigenvalue weighted by Gasteiger charge is -2.36. The molecule has 26 heavy (non-hydrogen) atoms. The van der Waals surface area contributed by atoms with Crippen LogP contribution in [0.4, 0.5) is 5.69 Å². The van der Waals surface area contributed by atoms with Crippen molar-refractivity contribution in [3.05, 3.63) is 24.3 Å². The van der Waals surface area contributed by atoms with Crippen LogP contribution in [0.1, 0.15) is 20.8 Å². The highest BCUT2D eigenvalue weighted by Gasteiger charge is 2.62. The maximum absolute atomic E-state index is 12.8. The van der Waals surface area contributed by atoms with Crippen molar-refractivity contribution in [2.45, 2.75) is 32.4 Å². The molecule has 0 radical (unpaired) electrons. The van der Waals surface area contributed by atoms with Crippen LogP contribution in [0.5, 0.6) is 5.75 Å². The molecule has 2 atom stereocenters. The van der Waals surface area contributed by atoms with E-state index in [1.807, 2.05) is 13.8 Å². The quantitative estimate of drug-likeness (QED) is 0.592. The van der Waals surface area contributed by atoms with Gasteiger partial charge < -0.3 is 24.4 Å². The van der Waals surface area contributed by atoms with E-state index in [1.54, 1.807) is 43.2 Å². The number of methoxy groups -OCH3 is 2. The topological polar surface area (TPSA) is 77.1 Å². The SMILES string of the molecule is CCOC(=O)[C@@H]1N(c2ccc(OC)cc2)C(=S)N[C@@]1(C(=O)OC)C(C)C. The van der Waals surface area contributed by atoms with Crippen LogP contribution in [-0.2, 0) is 19.1 Å². The van der Waals surface area contributed by atoms with E-state index in [0.717, 1.165) is 0 Å². The Morgan fingerprint density at radius 3 is 2.35 bits per heavy atom. The molecule has 142 valence electrons. The minimum atomic E-state index is -1.35. The van der Waals surface area contributed by atoms with Crippen LogP contribution in [-0.4, -0.2) is 49.5 Å². The molecule has 0 saturated carbocycles. The summed E-state index contributed by atoms with van der Waals surface area (Å²) in [6.07, 6.45) is 0. The smallest absolute Gasteiger partial charge is 0.334 e. The van der Waals surface area contributed by atoms with Gasteiger partial charge in [0.1, 0.15) is 5.75 Å². The fraction of sp³-hybridized carbons (Fsp3) is 0.500. The first-order valence-corrected chi connectivity index (χ1v) is 8.74. The van der Waals surface area contributed by atoms with E-state index >= 15 is 0 Å². The summed E-state index contributed by atoms with van der Waals surface area (Å²) in [6.45, 7) is 5.56. The fourth-order valence-electron chi connectivity index (χ4n) is 3.18. The van der Waals surface area contributed by atoms with Gasteiger partial charge in [0.2, 0.25) is 0 Å². The molecule has 0 unspecified atom stereocenters. The Balaban J connectivity index is 2.60. The van der Waals surface area contributed by atoms with Crippen LogP contribution in [0.15, 0.2) is 24.3 Å². The highest BCUT2D eigenvalue weighted by atomic mass is 32.1. The number of carbonyl (C=O) groups excluding carboxylic acids is 2. The molecule has 0 bridgehead atoms. The van der Waals surface area contributed by atoms with E-state index in [1.165, 1.54) is 7.11 Å². The molecule has 1 saturated heterocycles. The van der Waals surface area contributed by atoms with E-state index in [2.05, 4.69) is 5.32 Å². The van der Waals surface area contributed by atoms with Gasteiger partial charge in [0.15, 0.2) is 16.7 Å². The van der Waals surface area contributed by atoms with Gasteiger partial charge in [-0.2, -0.15) is 0 Å². The zero-order valence-electron chi connectivity index (χ0n) is 15.6. The summed E-state index contributed by atoms with van der Waals surface area (Å²) >= 11 is 5.47. The van der Waals surface area contributed by atoms with Crippen LogP contribution in [0.2, 0.25) is 0 Å². The fourth-order valence-corrected chi connectivity index (χ4v) is 3.56. The molecule has 0 spiro atoms. The van der Waals surface area contributed by atoms with Crippen LogP contribution < -0.4 is 15.0 Å². The lowest BCUT2D eigenvalue weighted by molar-refractivity contribution is -0.158. The number of anilines is 1. The monoisotopic (exact) mass is 380 g/mol. The van der Waals surface area contributed by atoms with E-state index in [9.17, 15) is 9.59 Å². The van der Waals surface area contributed by atoms with E-state index in [4.69, 9.17) is 26.4 Å². The van der Waals surface area contributed by atoms with Crippen LogP contribution >= 0.6 is 12.2 Å². The highest BCUT2D eigenvalue weighted by molar-refractivity contribution is 7.80. The maximum Gasteiger partial charge on any atom is 0.334 e. The molecule has 1 aliphatic heterocycles. The van der Waals surface area contributed by atoms with Crippen molar-refractivity contribution >= 4 is 35.0 Å². The minimum absolute atomic E-state index is 0.188. The average Bonchev–Trinajstić information content (AvgIpc) is 2.95. The molecule has 1 fully saturated rings. The van der Waals surface area contributed by atoms with Crippen molar-refractivity contribution in [3.8, 4) is 5.75 Å². The Bertz CT molecular complexity index is 691. The second-order valence-electron chi connectivity index (χ2n) is 6.17. The van der Waals surface area contributed by atoms with E-state index in [-0.39, 0.29) is 17.6 Å². The summed E-state index contributed by atoms with van der Waals surface area (Å²) in [5, 5.41) is 3.29. The largest absolute Gasteiger partial charge is 0.497 e. The Morgan fingerprint density at radius 2 is 1.88 bits per heavy atom. The number of ether oxygens (including phenoxy) is 3. The molecule has 0 amide bonds. The van der Waals surface area contributed by atoms with Gasteiger partial charge in [0.05, 0.1) is 20.8 Å². The molecule has 1 aliphatic rings. The van der Waals surface area contributed by atoms with Gasteiger partial charge in [-0.1, -0.05) is 13.8 Å². The number of esters is 2. The average molecular weight is 380 g/mol. The number of hydrogen-bond acceptors (Lipinski definition) is 6. The van der Waals surface area contributed by atoms with Gasteiger partial charge in [-0.15, -0.1) is 0 Å². The van der Waals surface area contributed by atoms with Crippen molar-refractivity contribution in [3.63, 3.8) is 0 Å². The first-order chi connectivity index (χ1) is 12.3. The second kappa shape index (κ2) is 7.90. The van der Waals surface area contributed by atoms with E-state index in [0.29, 0.717) is 11.4 Å². The highest BCUT2D eigenvalue weighted by Crippen LogP contribution is 2.37. The lowest BCUT2D eigenvalue weighted by Crippen LogP contribution is -2.63. The van der Waals surface area contributed by atoms with Crippen LogP contribution in [0, 0.1) is 5.92 Å². The zero-order chi connectivity index (χ0) is 19.5. The number of thiocarbonyl (C=S) groups is 1. The molecular formula is C18H24N2O5S. The number of nitrogens with zero attached hydrogens (tertiary/aromatic N) is 1. The molecule has 0 aliphatic carbocycles. The van der Waals surface area contributed by atoms with Crippen molar-refractivity contribution in [1.29, 1.82) is 0 Å². The third kappa shape index (κ3) is 3.21. The van der Waals surface area contributed by atoms with Crippen LogP contribution in [0.25, 0.3) is 0 Å². The summed E-state index contributed by atoms with van der Waals surface area (Å²) in [5.74, 6) is -0.730. The molecule has 8 heteroatoms. The normalized spacial score (nSPS) is 22.2. The second-order valence-corrected chi connectivity index (χ2v) is 6.55. The molecule has 0 aromatic heterocycles. The van der Waals surface area contributed by atoms with Gasteiger partial charge in [-0.05, 0) is 49.3 Å². The maximum atomic E-state index is 12.8. The summed E-state index contributed by atoms with van der Waals surface area (Å²) in [4.78, 5) is 27.2. The van der Waals surface area contributed by atoms with Gasteiger partial charge in [0, 0.05) is 5.69 Å². The summed E-state index contributed by atoms with van der Waals surface area (Å²) in [6, 6.07) is 6.07. The molecule has 1 N–H and O–H groups in total.